The number of carbonyl (C=O) groups is 2. The van der Waals surface area contributed by atoms with E-state index in [1.807, 2.05) is 13.8 Å². The molecule has 8 heterocycles. The van der Waals surface area contributed by atoms with Crippen molar-refractivity contribution in [2.75, 3.05) is 84.6 Å². The minimum Gasteiger partial charge on any atom is -0.412 e. The number of ether oxygens (including phenoxy) is 4. The molecule has 8 aliphatic heterocycles. The zero-order valence-electron chi connectivity index (χ0n) is 63.7. The van der Waals surface area contributed by atoms with E-state index in [2.05, 4.69) is 169 Å². The fourth-order valence-electron chi connectivity index (χ4n) is 11.3. The minimum atomic E-state index is -2.43. The van der Waals surface area contributed by atoms with Gasteiger partial charge in [0.2, 0.25) is 17.6 Å². The Morgan fingerprint density at radius 2 is 0.922 bits per heavy atom. The molecule has 0 bridgehead atoms. The molecule has 0 aromatic rings. The first kappa shape index (κ1) is 88.8. The predicted molar refractivity (Wildman–Crippen MR) is 428 cm³/mol. The van der Waals surface area contributed by atoms with Crippen molar-refractivity contribution in [3.63, 3.8) is 0 Å². The maximum atomic E-state index is 11.8. The average Bonchev–Trinajstić information content (AvgIpc) is 1.83. The van der Waals surface area contributed by atoms with E-state index in [4.69, 9.17) is 34.8 Å². The molecule has 0 radical (unpaired) electrons. The number of carbonyl (C=O) groups excluding carboxylic acids is 2. The highest BCUT2D eigenvalue weighted by Gasteiger charge is 2.57. The summed E-state index contributed by atoms with van der Waals surface area (Å²) in [6.07, 6.45) is 18.2. The molecular weight excluding hydrogens is 1420 g/mol. The van der Waals surface area contributed by atoms with Gasteiger partial charge in [0, 0.05) is 55.4 Å². The molecule has 33 heteroatoms. The van der Waals surface area contributed by atoms with E-state index in [1.54, 1.807) is 33.3 Å². The minimum absolute atomic E-state index is 0.0173. The lowest BCUT2D eigenvalue weighted by Crippen LogP contribution is -2.53. The highest BCUT2D eigenvalue weighted by molar-refractivity contribution is 7.73. The maximum Gasteiger partial charge on any atom is 0.239 e. The predicted octanol–water partition coefficient (Wildman–Crippen LogP) is 4.00. The summed E-state index contributed by atoms with van der Waals surface area (Å²) in [5.41, 5.74) is 13.5. The van der Waals surface area contributed by atoms with Crippen LogP contribution in [0.4, 0.5) is 0 Å². The van der Waals surface area contributed by atoms with Gasteiger partial charge in [-0.1, -0.05) is 54.0 Å². The molecule has 582 valence electrons. The number of aliphatic hydroxyl groups is 9. The lowest BCUT2D eigenvalue weighted by atomic mass is 10.0. The Balaban J connectivity index is 0.000000250. The van der Waals surface area contributed by atoms with Crippen LogP contribution in [0, 0.1) is 0 Å². The van der Waals surface area contributed by atoms with Gasteiger partial charge in [0.1, 0.15) is 89.4 Å². The Morgan fingerprint density at radius 1 is 0.573 bits per heavy atom. The van der Waals surface area contributed by atoms with Gasteiger partial charge < -0.3 is 111 Å². The highest BCUT2D eigenvalue weighted by Crippen LogP contribution is 2.45. The van der Waals surface area contributed by atoms with Crippen LogP contribution in [0.5, 0.6) is 0 Å². The molecule has 0 aliphatic carbocycles. The van der Waals surface area contributed by atoms with E-state index in [0.29, 0.717) is 72.6 Å². The third-order valence-electron chi connectivity index (χ3n) is 18.5. The Hall–Kier alpha value is -4.80. The van der Waals surface area contributed by atoms with Crippen LogP contribution in [0.25, 0.3) is 0 Å². The third kappa shape index (κ3) is 24.6. The molecule has 28 nitrogen and oxygen atoms in total. The van der Waals surface area contributed by atoms with Gasteiger partial charge in [-0.3, -0.25) is 9.59 Å². The van der Waals surface area contributed by atoms with Gasteiger partial charge in [-0.25, -0.2) is 20.0 Å². The van der Waals surface area contributed by atoms with Crippen LogP contribution in [0.15, 0.2) is 117 Å². The average molecular weight is 1540 g/mol. The Morgan fingerprint density at radius 3 is 1.28 bits per heavy atom. The quantitative estimate of drug-likeness (QED) is 0.0465. The summed E-state index contributed by atoms with van der Waals surface area (Å²) < 4.78 is 29.9. The number of amidine groups is 4. The van der Waals surface area contributed by atoms with E-state index in [9.17, 15) is 55.5 Å². The molecule has 8 aliphatic rings. The van der Waals surface area contributed by atoms with E-state index < -0.39 is 134 Å². The molecule has 103 heavy (non-hydrogen) atoms. The zero-order valence-corrected chi connectivity index (χ0v) is 68.3. The van der Waals surface area contributed by atoms with Gasteiger partial charge >= 0.3 is 0 Å². The molecule has 0 saturated carbocycles. The summed E-state index contributed by atoms with van der Waals surface area (Å²) in [6, 6.07) is 0. The summed E-state index contributed by atoms with van der Waals surface area (Å²) in [5, 5.41) is 98.9. The zero-order chi connectivity index (χ0) is 78.4. The van der Waals surface area contributed by atoms with Crippen LogP contribution in [-0.4, -0.2) is 317 Å². The largest absolute Gasteiger partial charge is 0.412 e. The first-order valence-corrected chi connectivity index (χ1v) is 49.5. The van der Waals surface area contributed by atoms with Crippen LogP contribution in [0.2, 0.25) is 18.1 Å². The number of nitrogens with one attached hydrogen (secondary N) is 2. The monoisotopic (exact) mass is 1540 g/mol. The number of aliphatic imine (C=N–C) groups is 4. The van der Waals surface area contributed by atoms with Crippen LogP contribution < -0.4 is 22.1 Å². The lowest BCUT2D eigenvalue weighted by Gasteiger charge is -2.37. The fourth-order valence-corrected chi connectivity index (χ4v) is 16.0. The van der Waals surface area contributed by atoms with Gasteiger partial charge in [0.25, 0.3) is 0 Å². The number of hydrogen-bond acceptors (Lipinski definition) is 26. The van der Waals surface area contributed by atoms with Crippen LogP contribution in [0.3, 0.4) is 0 Å². The smallest absolute Gasteiger partial charge is 0.239 e. The molecule has 8 rings (SSSR count). The van der Waals surface area contributed by atoms with E-state index in [-0.39, 0.29) is 35.1 Å². The van der Waals surface area contributed by atoms with E-state index >= 15 is 0 Å². The molecule has 15 atom stereocenters. The number of nitrogens with zero attached hydrogens (tertiary/aromatic N) is 8. The molecule has 15 N–H and O–H groups in total. The normalized spacial score (nSPS) is 29.8. The number of nitrogens with two attached hydrogens (primary N) is 2. The van der Waals surface area contributed by atoms with Crippen molar-refractivity contribution in [1.29, 1.82) is 0 Å². The third-order valence-corrected chi connectivity index (χ3v) is 28.9. The Labute approximate surface area is 612 Å². The maximum absolute atomic E-state index is 11.8. The summed E-state index contributed by atoms with van der Waals surface area (Å²) in [4.78, 5) is 46.2. The van der Waals surface area contributed by atoms with Crippen molar-refractivity contribution < 1.29 is 78.9 Å². The number of hydrogen-bond donors (Lipinski definition) is 13. The SMILES string of the molecule is C=C1N=C(N)C(C)=CN1C1O[C@H](CCP(=C)(C)C)[C@@H](O)[C@H]1O.C=C1N=C(N)C=CN1C1O[C@H](CCP(=C)(C)C)[C@@H](O)C1(O)O.C=C1N=C(NC(C)=O)C(CC)=CN1C1O[C@H](CCP(=C)(C)C)[C@@H](O)[C@H]1O.C=C1N=C(NC(C)=O)C(CO[Si](C)(C)C(C)(C)C)=CN1C1O[C@H](CCP(=C)(C)C)[C@@H](O)[C@H]1O. The second-order valence-electron chi connectivity index (χ2n) is 31.6. The van der Waals surface area contributed by atoms with E-state index in [0.717, 1.165) is 35.8 Å². The summed E-state index contributed by atoms with van der Waals surface area (Å²) in [5.74, 6) is -0.148. The van der Waals surface area contributed by atoms with Crippen LogP contribution >= 0.6 is 27.5 Å². The molecular formula is C70H122N12O16P4Si. The second kappa shape index (κ2) is 35.5. The van der Waals surface area contributed by atoms with Crippen molar-refractivity contribution in [3.05, 3.63) is 97.2 Å². The number of aliphatic hydroxyl groups excluding tert-OH is 7. The molecule has 0 aromatic carbocycles. The fraction of sp³-hybridized carbons (Fsp3) is 0.629. The second-order valence-corrected chi connectivity index (χ2v) is 53.7. The molecule has 0 aromatic heterocycles. The van der Waals surface area contributed by atoms with Crippen molar-refractivity contribution in [3.8, 4) is 0 Å². The number of amides is 2. The topological polar surface area (TPSA) is 401 Å². The Bertz CT molecular complexity index is 3600. The first-order chi connectivity index (χ1) is 47.1. The summed E-state index contributed by atoms with van der Waals surface area (Å²) in [6.45, 7) is 45.0. The van der Waals surface area contributed by atoms with Crippen molar-refractivity contribution in [2.45, 2.75) is 197 Å². The number of rotatable bonds is 20. The molecule has 4 saturated heterocycles. The first-order valence-electron chi connectivity index (χ1n) is 34.3. The van der Waals surface area contributed by atoms with Gasteiger partial charge in [-0.15, -0.1) is 52.7 Å². The summed E-state index contributed by atoms with van der Waals surface area (Å²) >= 11 is 0. The van der Waals surface area contributed by atoms with Crippen LogP contribution in [0.1, 0.15) is 80.6 Å². The van der Waals surface area contributed by atoms with Crippen molar-refractivity contribution >= 4 is 96.2 Å². The van der Waals surface area contributed by atoms with Gasteiger partial charge in [0.15, 0.2) is 33.2 Å². The molecule has 4 fully saturated rings. The highest BCUT2D eigenvalue weighted by atomic mass is 31.2. The summed E-state index contributed by atoms with van der Waals surface area (Å²) in [7, 11) is -2.07. The van der Waals surface area contributed by atoms with Crippen molar-refractivity contribution in [2.24, 2.45) is 31.4 Å². The molecule has 2 amide bonds. The van der Waals surface area contributed by atoms with Crippen LogP contribution in [-0.2, 0) is 33.0 Å². The Kier molecular flexibility index (Phi) is 30.6. The van der Waals surface area contributed by atoms with Gasteiger partial charge in [-0.2, -0.15) is 0 Å². The lowest BCUT2D eigenvalue weighted by molar-refractivity contribution is -0.251. The molecule has 4 unspecified atom stereocenters. The van der Waals surface area contributed by atoms with Gasteiger partial charge in [0.05, 0.1) is 31.0 Å². The molecule has 0 spiro atoms. The van der Waals surface area contributed by atoms with Gasteiger partial charge in [-0.05, 0) is 141 Å². The van der Waals surface area contributed by atoms with E-state index in [1.165, 1.54) is 31.0 Å². The van der Waals surface area contributed by atoms with Crippen molar-refractivity contribution in [1.82, 2.24) is 30.2 Å². The standard InChI is InChI=1S/C23H42N3O5PSi.C18H30N3O4P.C15H26N3O3P.C14H24N3O4P/c1-15-24-21(25-16(2)27)17(14-30-33(9,10)23(3,4)5)13-26(15)22-20(29)19(28)18(31-22)11-12-32(6,7)8;1-7-13-10-21(11(2)19-17(13)20-12(3)22)18-16(24)15(23)14(25-18)8-9-26(4,5)6;1-9-8-18(10(2)17-14(9)16)15-13(20)12(19)11(21-15)6-7-22(3,4)5;1-9-16-11(15)5-7-17(9)13-14(19,20)12(18)10(21-13)6-8-22(2,3)4/h13,18-20,22,28-29H,1,6,11-12,14H2,2-5,7-10H3,(H,24,25,27);10,14-16,18,23-24H,2,4,7-9H2,1,3,5-6H3,(H,19,20,22);8,11-13,15,19-20H,2-3,6-7H2,1,4-5H3,(H2,16,17);5,7,10,12-13,18-20H,1-2,6,8H2,3-4H3,(H2,15,16)/t18-,19-,20-,22?;14-,15-,16-,18?;11-,12-,13-,15?;10-,12-,13?/m1111/s1.